The highest BCUT2D eigenvalue weighted by Gasteiger charge is 2.35. The van der Waals surface area contributed by atoms with Crippen molar-refractivity contribution < 1.29 is 13.2 Å². The van der Waals surface area contributed by atoms with E-state index >= 15 is 0 Å². The van der Waals surface area contributed by atoms with Gasteiger partial charge in [0, 0.05) is 6.54 Å². The number of nitrogens with one attached hydrogen (secondary N) is 1. The van der Waals surface area contributed by atoms with Crippen LogP contribution in [0.2, 0.25) is 0 Å². The second kappa shape index (κ2) is 3.91. The smallest absolute Gasteiger partial charge is 0.360 e. The fourth-order valence-electron chi connectivity index (χ4n) is 0.641. The van der Waals surface area contributed by atoms with Gasteiger partial charge in [0.2, 0.25) is 10.1 Å². The molecule has 0 unspecified atom stereocenters. The van der Waals surface area contributed by atoms with Gasteiger partial charge in [0.05, 0.1) is 0 Å². The summed E-state index contributed by atoms with van der Waals surface area (Å²) in [6.07, 6.45) is -3.55. The molecule has 13 heavy (non-hydrogen) atoms. The summed E-state index contributed by atoms with van der Waals surface area (Å²) in [5.41, 5.74) is 0. The fraction of sp³-hybridized carbons (Fsp3) is 0.667. The Hall–Kier alpha value is -0.850. The predicted molar refractivity (Wildman–Crippen MR) is 43.7 cm³/mol. The molecule has 0 aliphatic carbocycles. The first-order chi connectivity index (χ1) is 6.04. The minimum atomic E-state index is -4.39. The van der Waals surface area contributed by atoms with Crippen LogP contribution in [0.4, 0.5) is 18.3 Å². The van der Waals surface area contributed by atoms with Crippen molar-refractivity contribution in [3.8, 4) is 0 Å². The van der Waals surface area contributed by atoms with E-state index in [9.17, 15) is 13.2 Å². The zero-order valence-electron chi connectivity index (χ0n) is 6.85. The minimum absolute atomic E-state index is 0.217. The van der Waals surface area contributed by atoms with E-state index in [4.69, 9.17) is 0 Å². The monoisotopic (exact) mass is 211 g/mol. The molecule has 0 aliphatic rings. The molecule has 1 heterocycles. The van der Waals surface area contributed by atoms with Gasteiger partial charge in [-0.3, -0.25) is 0 Å². The topological polar surface area (TPSA) is 37.8 Å². The van der Waals surface area contributed by atoms with Gasteiger partial charge in [-0.15, -0.1) is 10.2 Å². The molecule has 74 valence electrons. The third kappa shape index (κ3) is 2.83. The summed E-state index contributed by atoms with van der Waals surface area (Å²) in [5.74, 6) is 0. The maximum Gasteiger partial charge on any atom is 0.445 e. The number of hydrogen-bond donors (Lipinski definition) is 1. The molecule has 1 aromatic heterocycles. The number of aromatic nitrogens is 2. The van der Waals surface area contributed by atoms with Crippen molar-refractivity contribution in [3.63, 3.8) is 0 Å². The SMILES string of the molecule is CCCNc1nnc(C(F)(F)F)s1. The van der Waals surface area contributed by atoms with E-state index < -0.39 is 11.2 Å². The first-order valence-electron chi connectivity index (χ1n) is 3.68. The number of anilines is 1. The molecular weight excluding hydrogens is 203 g/mol. The van der Waals surface area contributed by atoms with Crippen molar-refractivity contribution in [1.82, 2.24) is 10.2 Å². The van der Waals surface area contributed by atoms with Crippen molar-refractivity contribution in [3.05, 3.63) is 5.01 Å². The van der Waals surface area contributed by atoms with Crippen LogP contribution in [0.25, 0.3) is 0 Å². The first kappa shape index (κ1) is 10.2. The molecule has 0 saturated heterocycles. The Labute approximate surface area is 77.0 Å². The Balaban J connectivity index is 2.64. The van der Waals surface area contributed by atoms with Crippen molar-refractivity contribution in [2.75, 3.05) is 11.9 Å². The third-order valence-corrected chi connectivity index (χ3v) is 2.12. The van der Waals surface area contributed by atoms with Crippen LogP contribution in [-0.2, 0) is 6.18 Å². The molecule has 1 rings (SSSR count). The first-order valence-corrected chi connectivity index (χ1v) is 4.50. The van der Waals surface area contributed by atoms with Gasteiger partial charge in [-0.2, -0.15) is 13.2 Å². The quantitative estimate of drug-likeness (QED) is 0.834. The Morgan fingerprint density at radius 1 is 1.38 bits per heavy atom. The van der Waals surface area contributed by atoms with Crippen LogP contribution in [0.15, 0.2) is 0 Å². The number of rotatable bonds is 3. The van der Waals surface area contributed by atoms with Crippen LogP contribution in [0, 0.1) is 0 Å². The average Bonchev–Trinajstić information content (AvgIpc) is 2.47. The Kier molecular flexibility index (Phi) is 3.07. The van der Waals surface area contributed by atoms with E-state index in [1.54, 1.807) is 0 Å². The Morgan fingerprint density at radius 3 is 2.54 bits per heavy atom. The van der Waals surface area contributed by atoms with E-state index in [0.29, 0.717) is 17.9 Å². The maximum absolute atomic E-state index is 12.0. The van der Waals surface area contributed by atoms with Crippen LogP contribution in [0.1, 0.15) is 18.4 Å². The molecule has 1 aromatic rings. The molecule has 7 heteroatoms. The molecule has 0 saturated carbocycles. The van der Waals surface area contributed by atoms with Crippen molar-refractivity contribution in [2.45, 2.75) is 19.5 Å². The van der Waals surface area contributed by atoms with Crippen LogP contribution >= 0.6 is 11.3 Å². The highest BCUT2D eigenvalue weighted by Crippen LogP contribution is 2.32. The summed E-state index contributed by atoms with van der Waals surface area (Å²) < 4.78 is 36.0. The van der Waals surface area contributed by atoms with E-state index in [1.807, 2.05) is 6.92 Å². The van der Waals surface area contributed by atoms with Crippen LogP contribution in [-0.4, -0.2) is 16.7 Å². The lowest BCUT2D eigenvalue weighted by Crippen LogP contribution is -2.03. The number of alkyl halides is 3. The summed E-state index contributed by atoms with van der Waals surface area (Å²) in [6.45, 7) is 2.52. The summed E-state index contributed by atoms with van der Waals surface area (Å²) >= 11 is 0.521. The lowest BCUT2D eigenvalue weighted by atomic mass is 10.5. The van der Waals surface area contributed by atoms with Gasteiger partial charge >= 0.3 is 6.18 Å². The molecular formula is C6H8F3N3S. The predicted octanol–water partition coefficient (Wildman–Crippen LogP) is 2.38. The van der Waals surface area contributed by atoms with Gasteiger partial charge in [0.15, 0.2) is 0 Å². The van der Waals surface area contributed by atoms with Crippen LogP contribution < -0.4 is 5.32 Å². The molecule has 0 spiro atoms. The summed E-state index contributed by atoms with van der Waals surface area (Å²) in [6, 6.07) is 0. The molecule has 0 fully saturated rings. The Morgan fingerprint density at radius 2 is 2.08 bits per heavy atom. The van der Waals surface area contributed by atoms with Crippen molar-refractivity contribution >= 4 is 16.5 Å². The van der Waals surface area contributed by atoms with Crippen molar-refractivity contribution in [2.24, 2.45) is 0 Å². The summed E-state index contributed by atoms with van der Waals surface area (Å²) in [7, 11) is 0. The molecule has 3 nitrogen and oxygen atoms in total. The van der Waals surface area contributed by atoms with E-state index in [0.717, 1.165) is 6.42 Å². The van der Waals surface area contributed by atoms with Gasteiger partial charge in [0.1, 0.15) is 0 Å². The van der Waals surface area contributed by atoms with Gasteiger partial charge in [-0.1, -0.05) is 18.3 Å². The normalized spacial score (nSPS) is 11.7. The molecule has 0 atom stereocenters. The van der Waals surface area contributed by atoms with Gasteiger partial charge in [-0.25, -0.2) is 0 Å². The summed E-state index contributed by atoms with van der Waals surface area (Å²) in [5, 5.41) is 8.42. The highest BCUT2D eigenvalue weighted by atomic mass is 32.1. The zero-order chi connectivity index (χ0) is 9.90. The highest BCUT2D eigenvalue weighted by molar-refractivity contribution is 7.15. The van der Waals surface area contributed by atoms with Crippen molar-refractivity contribution in [1.29, 1.82) is 0 Å². The molecule has 0 radical (unpaired) electrons. The Bertz CT molecular complexity index is 270. The number of hydrogen-bond acceptors (Lipinski definition) is 4. The molecule has 0 aliphatic heterocycles. The van der Waals surface area contributed by atoms with Crippen LogP contribution in [0.5, 0.6) is 0 Å². The van der Waals surface area contributed by atoms with Gasteiger partial charge < -0.3 is 5.32 Å². The zero-order valence-corrected chi connectivity index (χ0v) is 7.67. The standard InChI is InChI=1S/C6H8F3N3S/c1-2-3-10-5-12-11-4(13-5)6(7,8)9/h2-3H2,1H3,(H,10,12). The summed E-state index contributed by atoms with van der Waals surface area (Å²) in [4.78, 5) is 0. The lowest BCUT2D eigenvalue weighted by molar-refractivity contribution is -0.138. The number of halogens is 3. The minimum Gasteiger partial charge on any atom is -0.360 e. The second-order valence-corrected chi connectivity index (χ2v) is 3.31. The fourth-order valence-corrected chi connectivity index (χ4v) is 1.28. The van der Waals surface area contributed by atoms with E-state index in [-0.39, 0.29) is 5.13 Å². The van der Waals surface area contributed by atoms with E-state index in [2.05, 4.69) is 15.5 Å². The molecule has 1 N–H and O–H groups in total. The average molecular weight is 211 g/mol. The van der Waals surface area contributed by atoms with E-state index in [1.165, 1.54) is 0 Å². The van der Waals surface area contributed by atoms with Gasteiger partial charge in [0.25, 0.3) is 0 Å². The molecule has 0 bridgehead atoms. The van der Waals surface area contributed by atoms with Crippen LogP contribution in [0.3, 0.4) is 0 Å². The maximum atomic E-state index is 12.0. The number of nitrogens with zero attached hydrogens (tertiary/aromatic N) is 2. The molecule has 0 amide bonds. The lowest BCUT2D eigenvalue weighted by Gasteiger charge is -1.98. The second-order valence-electron chi connectivity index (χ2n) is 2.34. The third-order valence-electron chi connectivity index (χ3n) is 1.19. The molecule has 0 aromatic carbocycles. The van der Waals surface area contributed by atoms with Gasteiger partial charge in [-0.05, 0) is 6.42 Å². The largest absolute Gasteiger partial charge is 0.445 e.